The Hall–Kier alpha value is -1.77. The van der Waals surface area contributed by atoms with E-state index in [0.717, 1.165) is 11.5 Å². The van der Waals surface area contributed by atoms with Crippen LogP contribution >= 0.6 is 0 Å². The summed E-state index contributed by atoms with van der Waals surface area (Å²) in [5, 5.41) is 7.67. The maximum atomic E-state index is 4.50. The fraction of sp³-hybridized carbons (Fsp3) is 0.471. The van der Waals surface area contributed by atoms with Gasteiger partial charge in [-0.3, -0.25) is 5.10 Å². The Kier molecular flexibility index (Phi) is 4.05. The molecular formula is C17H23N3. The zero-order chi connectivity index (χ0) is 13.8. The molecule has 106 valence electrons. The van der Waals surface area contributed by atoms with Crippen molar-refractivity contribution in [3.05, 3.63) is 36.4 Å². The number of benzene rings is 1. The average Bonchev–Trinajstić information content (AvgIpc) is 2.83. The second-order valence-electron chi connectivity index (χ2n) is 5.76. The quantitative estimate of drug-likeness (QED) is 0.845. The highest BCUT2D eigenvalue weighted by Crippen LogP contribution is 2.26. The molecule has 3 rings (SSSR count). The third-order valence-electron chi connectivity index (χ3n) is 4.38. The molecule has 20 heavy (non-hydrogen) atoms. The highest BCUT2D eigenvalue weighted by atomic mass is 15.3. The fourth-order valence-corrected chi connectivity index (χ4v) is 3.09. The zero-order valence-corrected chi connectivity index (χ0v) is 12.2. The number of H-pyrrole nitrogens is 1. The minimum absolute atomic E-state index is 0.643. The molecule has 1 saturated carbocycles. The number of aromatic amines is 1. The predicted molar refractivity (Wildman–Crippen MR) is 83.9 cm³/mol. The minimum atomic E-state index is 0.643. The van der Waals surface area contributed by atoms with E-state index in [4.69, 9.17) is 0 Å². The van der Waals surface area contributed by atoms with E-state index in [9.17, 15) is 0 Å². The number of rotatable bonds is 3. The van der Waals surface area contributed by atoms with Gasteiger partial charge in [0.1, 0.15) is 0 Å². The van der Waals surface area contributed by atoms with Crippen molar-refractivity contribution in [3.63, 3.8) is 0 Å². The minimum Gasteiger partial charge on any atom is -0.355 e. The summed E-state index contributed by atoms with van der Waals surface area (Å²) in [6.45, 7) is 0. The first kappa shape index (κ1) is 13.2. The first-order valence-electron chi connectivity index (χ1n) is 7.68. The molecule has 1 aliphatic rings. The van der Waals surface area contributed by atoms with E-state index in [0.29, 0.717) is 6.04 Å². The number of nitrogens with zero attached hydrogens (tertiary/aromatic N) is 2. The normalized spacial score (nSPS) is 16.9. The van der Waals surface area contributed by atoms with Crippen molar-refractivity contribution in [1.29, 1.82) is 0 Å². The van der Waals surface area contributed by atoms with Crippen molar-refractivity contribution in [1.82, 2.24) is 10.2 Å². The molecule has 2 aromatic rings. The lowest BCUT2D eigenvalue weighted by Crippen LogP contribution is -2.31. The molecule has 1 N–H and O–H groups in total. The molecule has 0 saturated heterocycles. The van der Waals surface area contributed by atoms with Crippen molar-refractivity contribution >= 4 is 5.82 Å². The number of hydrogen-bond donors (Lipinski definition) is 1. The van der Waals surface area contributed by atoms with E-state index >= 15 is 0 Å². The second kappa shape index (κ2) is 6.12. The van der Waals surface area contributed by atoms with Crippen LogP contribution in [0.4, 0.5) is 5.82 Å². The molecule has 0 spiro atoms. The Morgan fingerprint density at radius 3 is 2.45 bits per heavy atom. The van der Waals surface area contributed by atoms with E-state index < -0.39 is 0 Å². The Morgan fingerprint density at radius 1 is 1.05 bits per heavy atom. The van der Waals surface area contributed by atoms with Gasteiger partial charge in [0.25, 0.3) is 0 Å². The van der Waals surface area contributed by atoms with Crippen molar-refractivity contribution in [3.8, 4) is 11.3 Å². The topological polar surface area (TPSA) is 31.9 Å². The lowest BCUT2D eigenvalue weighted by atomic mass is 10.1. The predicted octanol–water partition coefficient (Wildman–Crippen LogP) is 4.24. The van der Waals surface area contributed by atoms with Crippen LogP contribution in [0.5, 0.6) is 0 Å². The van der Waals surface area contributed by atoms with Crippen LogP contribution < -0.4 is 4.90 Å². The fourth-order valence-electron chi connectivity index (χ4n) is 3.09. The lowest BCUT2D eigenvalue weighted by Gasteiger charge is -2.26. The van der Waals surface area contributed by atoms with Crippen LogP contribution in [0.15, 0.2) is 36.4 Å². The Balaban J connectivity index is 1.75. The smallest absolute Gasteiger partial charge is 0.150 e. The molecule has 0 atom stereocenters. The molecule has 1 aromatic heterocycles. The maximum Gasteiger partial charge on any atom is 0.150 e. The van der Waals surface area contributed by atoms with Gasteiger partial charge in [0.15, 0.2) is 5.82 Å². The van der Waals surface area contributed by atoms with Crippen LogP contribution in [-0.4, -0.2) is 23.3 Å². The molecule has 1 aromatic carbocycles. The monoisotopic (exact) mass is 269 g/mol. The Morgan fingerprint density at radius 2 is 1.75 bits per heavy atom. The zero-order valence-electron chi connectivity index (χ0n) is 12.2. The summed E-state index contributed by atoms with van der Waals surface area (Å²) in [5.74, 6) is 1.07. The number of aromatic nitrogens is 2. The SMILES string of the molecule is CN(c1cc(-c2ccccc2)[nH]n1)C1CCCCCC1. The van der Waals surface area contributed by atoms with Crippen molar-refractivity contribution in [2.45, 2.75) is 44.6 Å². The summed E-state index contributed by atoms with van der Waals surface area (Å²) in [4.78, 5) is 2.36. The maximum absolute atomic E-state index is 4.50. The standard InChI is InChI=1S/C17H23N3/c1-20(15-11-7-2-3-8-12-15)17-13-16(18-19-17)14-9-5-4-6-10-14/h4-6,9-10,13,15H,2-3,7-8,11-12H2,1H3,(H,18,19). The van der Waals surface area contributed by atoms with E-state index in [1.54, 1.807) is 0 Å². The molecule has 1 heterocycles. The molecule has 0 unspecified atom stereocenters. The molecule has 1 aliphatic carbocycles. The molecule has 0 bridgehead atoms. The van der Waals surface area contributed by atoms with Gasteiger partial charge in [-0.2, -0.15) is 5.10 Å². The van der Waals surface area contributed by atoms with Crippen LogP contribution in [0, 0.1) is 0 Å². The van der Waals surface area contributed by atoms with E-state index in [1.165, 1.54) is 44.1 Å². The summed E-state index contributed by atoms with van der Waals surface area (Å²) in [5.41, 5.74) is 2.29. The second-order valence-corrected chi connectivity index (χ2v) is 5.76. The van der Waals surface area contributed by atoms with Gasteiger partial charge in [-0.05, 0) is 18.4 Å². The van der Waals surface area contributed by atoms with Crippen molar-refractivity contribution in [2.24, 2.45) is 0 Å². The van der Waals surface area contributed by atoms with E-state index in [-0.39, 0.29) is 0 Å². The first-order valence-corrected chi connectivity index (χ1v) is 7.68. The summed E-state index contributed by atoms with van der Waals surface area (Å²) in [6.07, 6.45) is 8.07. The number of nitrogens with one attached hydrogen (secondary N) is 1. The average molecular weight is 269 g/mol. The van der Waals surface area contributed by atoms with Gasteiger partial charge in [-0.25, -0.2) is 0 Å². The van der Waals surface area contributed by atoms with Gasteiger partial charge in [-0.1, -0.05) is 56.0 Å². The highest BCUT2D eigenvalue weighted by Gasteiger charge is 2.19. The molecule has 1 fully saturated rings. The number of hydrogen-bond acceptors (Lipinski definition) is 2. The van der Waals surface area contributed by atoms with Crippen LogP contribution in [0.3, 0.4) is 0 Å². The van der Waals surface area contributed by atoms with E-state index in [1.807, 2.05) is 6.07 Å². The van der Waals surface area contributed by atoms with Gasteiger partial charge in [-0.15, -0.1) is 0 Å². The van der Waals surface area contributed by atoms with Gasteiger partial charge in [0.05, 0.1) is 5.69 Å². The Bertz CT molecular complexity index is 524. The van der Waals surface area contributed by atoms with E-state index in [2.05, 4.69) is 52.5 Å². The molecular weight excluding hydrogens is 246 g/mol. The third kappa shape index (κ3) is 2.87. The lowest BCUT2D eigenvalue weighted by molar-refractivity contribution is 0.549. The van der Waals surface area contributed by atoms with Crippen LogP contribution in [0.25, 0.3) is 11.3 Å². The van der Waals surface area contributed by atoms with Crippen molar-refractivity contribution in [2.75, 3.05) is 11.9 Å². The largest absolute Gasteiger partial charge is 0.355 e. The summed E-state index contributed by atoms with van der Waals surface area (Å²) >= 11 is 0. The van der Waals surface area contributed by atoms with Crippen LogP contribution in [0.1, 0.15) is 38.5 Å². The first-order chi connectivity index (χ1) is 9.84. The van der Waals surface area contributed by atoms with Gasteiger partial charge in [0.2, 0.25) is 0 Å². The van der Waals surface area contributed by atoms with Gasteiger partial charge >= 0.3 is 0 Å². The molecule has 3 heteroatoms. The molecule has 3 nitrogen and oxygen atoms in total. The van der Waals surface area contributed by atoms with Crippen LogP contribution in [-0.2, 0) is 0 Å². The number of anilines is 1. The van der Waals surface area contributed by atoms with Gasteiger partial charge < -0.3 is 4.90 Å². The molecule has 0 radical (unpaired) electrons. The molecule has 0 aliphatic heterocycles. The van der Waals surface area contributed by atoms with Gasteiger partial charge in [0, 0.05) is 19.2 Å². The molecule has 0 amide bonds. The van der Waals surface area contributed by atoms with Crippen molar-refractivity contribution < 1.29 is 0 Å². The Labute approximate surface area is 121 Å². The summed E-state index contributed by atoms with van der Waals surface area (Å²) in [6, 6.07) is 13.2. The highest BCUT2D eigenvalue weighted by molar-refractivity contribution is 5.63. The summed E-state index contributed by atoms with van der Waals surface area (Å²) < 4.78 is 0. The third-order valence-corrected chi connectivity index (χ3v) is 4.38. The van der Waals surface area contributed by atoms with Crippen LogP contribution in [0.2, 0.25) is 0 Å². The summed E-state index contributed by atoms with van der Waals surface area (Å²) in [7, 11) is 2.18.